The van der Waals surface area contributed by atoms with Crippen LogP contribution in [-0.4, -0.2) is 57.9 Å². The summed E-state index contributed by atoms with van der Waals surface area (Å²) in [6.45, 7) is 2.77. The van der Waals surface area contributed by atoms with Gasteiger partial charge in [-0.3, -0.25) is 0 Å². The fraction of sp³-hybridized carbons (Fsp3) is 0.387. The molecule has 43 heavy (non-hydrogen) atoms. The molecule has 9 nitrogen and oxygen atoms in total. The van der Waals surface area contributed by atoms with Gasteiger partial charge in [0, 0.05) is 29.2 Å². The topological polar surface area (TPSA) is 114 Å². The predicted molar refractivity (Wildman–Crippen MR) is 172 cm³/mol. The van der Waals surface area contributed by atoms with E-state index in [1.54, 1.807) is 54.3 Å². The van der Waals surface area contributed by atoms with Crippen molar-refractivity contribution in [3.63, 3.8) is 0 Å². The highest BCUT2D eigenvalue weighted by atomic mass is 35.5. The number of carbonyl (C=O) groups is 1. The zero-order valence-corrected chi connectivity index (χ0v) is 26.5. The van der Waals surface area contributed by atoms with Gasteiger partial charge in [-0.15, -0.1) is 0 Å². The smallest absolute Gasteiger partial charge is 0.315 e. The first-order valence-corrected chi connectivity index (χ1v) is 16.6. The fourth-order valence-corrected chi connectivity index (χ4v) is 7.03. The summed E-state index contributed by atoms with van der Waals surface area (Å²) in [7, 11) is -4.10. The van der Waals surface area contributed by atoms with E-state index >= 15 is 0 Å². The zero-order chi connectivity index (χ0) is 30.8. The molecule has 3 aromatic rings. The third-order valence-electron chi connectivity index (χ3n) is 7.33. The van der Waals surface area contributed by atoms with Gasteiger partial charge in [-0.25, -0.2) is 17.5 Å². The highest BCUT2D eigenvalue weighted by Crippen LogP contribution is 2.33. The summed E-state index contributed by atoms with van der Waals surface area (Å²) in [5.74, 6) is 0.673. The van der Waals surface area contributed by atoms with Crippen molar-refractivity contribution in [3.8, 4) is 5.75 Å². The molecule has 0 radical (unpaired) electrons. The molecule has 3 N–H and O–H groups in total. The van der Waals surface area contributed by atoms with Gasteiger partial charge in [-0.2, -0.15) is 0 Å². The SMILES string of the molecule is CC(OCCN(C(N)=O)C1CCCCC1)N(c1ccccc1NCCOc1ccc(Cl)cc1)S(=O)(=O)c1ccc(Cl)cc1. The Morgan fingerprint density at radius 2 is 1.58 bits per heavy atom. The number of ether oxygens (including phenoxy) is 2. The first-order valence-electron chi connectivity index (χ1n) is 14.4. The van der Waals surface area contributed by atoms with Gasteiger partial charge < -0.3 is 25.4 Å². The van der Waals surface area contributed by atoms with Crippen molar-refractivity contribution >= 4 is 50.6 Å². The van der Waals surface area contributed by atoms with E-state index in [-0.39, 0.29) is 24.1 Å². The molecule has 12 heteroatoms. The summed E-state index contributed by atoms with van der Waals surface area (Å²) < 4.78 is 41.3. The number of urea groups is 1. The van der Waals surface area contributed by atoms with Crippen molar-refractivity contribution in [1.29, 1.82) is 0 Å². The van der Waals surface area contributed by atoms with Crippen molar-refractivity contribution in [1.82, 2.24) is 4.90 Å². The minimum atomic E-state index is -4.10. The molecule has 1 fully saturated rings. The second-order valence-electron chi connectivity index (χ2n) is 10.3. The molecule has 1 aliphatic carbocycles. The molecule has 1 unspecified atom stereocenters. The van der Waals surface area contributed by atoms with Gasteiger partial charge in [0.05, 0.1) is 22.9 Å². The number of nitrogens with zero attached hydrogens (tertiary/aromatic N) is 2. The number of primary amides is 1. The molecule has 0 bridgehead atoms. The predicted octanol–water partition coefficient (Wildman–Crippen LogP) is 6.76. The number of nitrogens with two attached hydrogens (primary N) is 1. The maximum atomic E-state index is 14.1. The number of anilines is 2. The third kappa shape index (κ3) is 8.92. The number of amides is 2. The lowest BCUT2D eigenvalue weighted by atomic mass is 9.94. The summed E-state index contributed by atoms with van der Waals surface area (Å²) in [6.07, 6.45) is 4.12. The summed E-state index contributed by atoms with van der Waals surface area (Å²) in [4.78, 5) is 13.9. The Morgan fingerprint density at radius 3 is 2.23 bits per heavy atom. The number of rotatable bonds is 14. The number of carbonyl (C=O) groups excluding carboxylic acids is 1. The van der Waals surface area contributed by atoms with Gasteiger partial charge in [0.25, 0.3) is 10.0 Å². The van der Waals surface area contributed by atoms with Crippen LogP contribution >= 0.6 is 23.2 Å². The van der Waals surface area contributed by atoms with Gasteiger partial charge in [0.1, 0.15) is 18.6 Å². The van der Waals surface area contributed by atoms with Crippen molar-refractivity contribution in [2.75, 3.05) is 35.9 Å². The first kappa shape index (κ1) is 32.7. The number of hydrogen-bond acceptors (Lipinski definition) is 6. The highest BCUT2D eigenvalue weighted by Gasteiger charge is 2.32. The third-order valence-corrected chi connectivity index (χ3v) is 9.72. The molecular weight excluding hydrogens is 611 g/mol. The van der Waals surface area contributed by atoms with Crippen molar-refractivity contribution in [2.45, 2.75) is 56.2 Å². The standard InChI is InChI=1S/C31H38Cl2N4O5S/c1-23(41-22-20-36(31(34)38)26-7-3-2-4-8-26)37(43(39,40)28-17-13-25(33)14-18-28)30-10-6-5-9-29(30)35-19-21-42-27-15-11-24(32)12-16-27/h5-6,9-18,23,26,35H,2-4,7-8,19-22H2,1H3,(H2,34,38). The van der Waals surface area contributed by atoms with Crippen LogP contribution in [0.1, 0.15) is 39.0 Å². The molecule has 0 aliphatic heterocycles. The van der Waals surface area contributed by atoms with Crippen LogP contribution < -0.4 is 20.1 Å². The normalized spacial score (nSPS) is 14.6. The molecule has 0 heterocycles. The van der Waals surface area contributed by atoms with E-state index in [0.29, 0.717) is 40.3 Å². The van der Waals surface area contributed by atoms with Gasteiger partial charge >= 0.3 is 6.03 Å². The summed E-state index contributed by atoms with van der Waals surface area (Å²) in [5, 5.41) is 4.33. The Hall–Kier alpha value is -3.18. The van der Waals surface area contributed by atoms with E-state index < -0.39 is 22.3 Å². The fourth-order valence-electron chi connectivity index (χ4n) is 5.20. The van der Waals surface area contributed by atoms with Gasteiger partial charge in [-0.1, -0.05) is 54.6 Å². The lowest BCUT2D eigenvalue weighted by molar-refractivity contribution is 0.0511. The van der Waals surface area contributed by atoms with Gasteiger partial charge in [0.2, 0.25) is 0 Å². The minimum Gasteiger partial charge on any atom is -0.492 e. The summed E-state index contributed by atoms with van der Waals surface area (Å²) >= 11 is 12.0. The van der Waals surface area contributed by atoms with Crippen LogP contribution in [0.15, 0.2) is 77.7 Å². The molecule has 0 saturated heterocycles. The second-order valence-corrected chi connectivity index (χ2v) is 13.0. The molecule has 0 spiro atoms. The number of benzene rings is 3. The Labute approximate surface area is 263 Å². The highest BCUT2D eigenvalue weighted by molar-refractivity contribution is 7.92. The average molecular weight is 650 g/mol. The van der Waals surface area contributed by atoms with Gasteiger partial charge in [0.15, 0.2) is 0 Å². The maximum Gasteiger partial charge on any atom is 0.315 e. The number of para-hydroxylation sites is 2. The lowest BCUT2D eigenvalue weighted by Gasteiger charge is -2.35. The molecule has 2 amide bonds. The molecule has 3 aromatic carbocycles. The number of nitrogens with one attached hydrogen (secondary N) is 1. The molecule has 1 aliphatic rings. The first-order chi connectivity index (χ1) is 20.7. The van der Waals surface area contributed by atoms with Crippen LogP contribution in [0.3, 0.4) is 0 Å². The molecule has 1 saturated carbocycles. The Bertz CT molecular complexity index is 1440. The Kier molecular flexibility index (Phi) is 11.8. The summed E-state index contributed by atoms with van der Waals surface area (Å²) in [6, 6.07) is 19.7. The van der Waals surface area contributed by atoms with E-state index in [1.165, 1.54) is 28.6 Å². The molecule has 4 rings (SSSR count). The van der Waals surface area contributed by atoms with Crippen LogP contribution in [0.5, 0.6) is 5.75 Å². The van der Waals surface area contributed by atoms with Crippen molar-refractivity contribution in [2.24, 2.45) is 5.73 Å². The van der Waals surface area contributed by atoms with Gasteiger partial charge in [-0.05, 0) is 80.4 Å². The molecule has 0 aromatic heterocycles. The van der Waals surface area contributed by atoms with E-state index in [2.05, 4.69) is 5.32 Å². The second kappa shape index (κ2) is 15.5. The Balaban J connectivity index is 1.53. The van der Waals surface area contributed by atoms with E-state index in [4.69, 9.17) is 38.4 Å². The van der Waals surface area contributed by atoms with Crippen LogP contribution in [0, 0.1) is 0 Å². The van der Waals surface area contributed by atoms with Crippen LogP contribution in [-0.2, 0) is 14.8 Å². The monoisotopic (exact) mass is 648 g/mol. The Morgan fingerprint density at radius 1 is 0.953 bits per heavy atom. The van der Waals surface area contributed by atoms with E-state index in [0.717, 1.165) is 32.1 Å². The molecule has 232 valence electrons. The molecular formula is C31H38Cl2N4O5S. The minimum absolute atomic E-state index is 0.0641. The number of halogens is 2. The largest absolute Gasteiger partial charge is 0.492 e. The summed E-state index contributed by atoms with van der Waals surface area (Å²) in [5.41, 5.74) is 6.68. The molecule has 1 atom stereocenters. The van der Waals surface area contributed by atoms with Crippen molar-refractivity contribution in [3.05, 3.63) is 82.8 Å². The van der Waals surface area contributed by atoms with Crippen LogP contribution in [0.4, 0.5) is 16.2 Å². The average Bonchev–Trinajstić information content (AvgIpc) is 2.99. The van der Waals surface area contributed by atoms with E-state index in [9.17, 15) is 13.2 Å². The maximum absolute atomic E-state index is 14.1. The number of hydrogen-bond donors (Lipinski definition) is 2. The van der Waals surface area contributed by atoms with Crippen LogP contribution in [0.25, 0.3) is 0 Å². The zero-order valence-electron chi connectivity index (χ0n) is 24.1. The van der Waals surface area contributed by atoms with Crippen molar-refractivity contribution < 1.29 is 22.7 Å². The van der Waals surface area contributed by atoms with E-state index in [1.807, 2.05) is 6.07 Å². The lowest BCUT2D eigenvalue weighted by Crippen LogP contribution is -2.47. The van der Waals surface area contributed by atoms with Crippen LogP contribution in [0.2, 0.25) is 10.0 Å². The number of sulfonamides is 1. The quantitative estimate of drug-likeness (QED) is 0.148.